The van der Waals surface area contributed by atoms with Gasteiger partial charge in [0, 0.05) is 9.47 Å². The zero-order chi connectivity index (χ0) is 21.7. The minimum Gasteiger partial charge on any atom is -0.362 e. The van der Waals surface area contributed by atoms with E-state index < -0.39 is 7.53 Å². The minimum absolute atomic E-state index is 0.419. The molecule has 6 heteroatoms. The summed E-state index contributed by atoms with van der Waals surface area (Å²) in [6.45, 7) is 6.93. The molecule has 0 bridgehead atoms. The molecule has 0 radical (unpaired) electrons. The molecule has 29 heavy (non-hydrogen) atoms. The van der Waals surface area contributed by atoms with Gasteiger partial charge in [-0.05, 0) is 31.6 Å². The number of unbranched alkanes of at least 4 members (excludes halogenated alkanes) is 10. The standard InChI is InChI=1S/C23H52O2P4/c1-4-6-7-8-13-16-20-23(25-29(27)28)21(3)18-14-11-9-10-12-15-19-22(24-26)17-5-2/h21-23H,4-20,26-28H2,1-3H3. The molecule has 0 fully saturated rings. The van der Waals surface area contributed by atoms with Crippen molar-refractivity contribution in [1.82, 2.24) is 0 Å². The molecule has 0 aromatic rings. The lowest BCUT2D eigenvalue weighted by atomic mass is 9.93. The van der Waals surface area contributed by atoms with Crippen LogP contribution in [0.15, 0.2) is 0 Å². The summed E-state index contributed by atoms with van der Waals surface area (Å²) < 4.78 is 11.7. The minimum atomic E-state index is -0.419. The van der Waals surface area contributed by atoms with Gasteiger partial charge in [0.15, 0.2) is 0 Å². The monoisotopic (exact) mass is 484 g/mol. The van der Waals surface area contributed by atoms with Crippen molar-refractivity contribution in [2.24, 2.45) is 5.92 Å². The molecule has 0 aliphatic carbocycles. The summed E-state index contributed by atoms with van der Waals surface area (Å²) in [5.74, 6) is 0.686. The molecule has 0 aromatic carbocycles. The highest BCUT2D eigenvalue weighted by molar-refractivity contribution is 8.41. The molecule has 0 amide bonds. The smallest absolute Gasteiger partial charge is 0.0652 e. The van der Waals surface area contributed by atoms with E-state index in [4.69, 9.17) is 9.05 Å². The maximum absolute atomic E-state index is 6.28. The summed E-state index contributed by atoms with van der Waals surface area (Å²) in [4.78, 5) is 0. The Labute approximate surface area is 191 Å². The second-order valence-electron chi connectivity index (χ2n) is 8.78. The van der Waals surface area contributed by atoms with Crippen LogP contribution in [0.25, 0.3) is 0 Å². The molecule has 2 nitrogen and oxygen atoms in total. The number of rotatable bonds is 22. The Bertz CT molecular complexity index is 332. The van der Waals surface area contributed by atoms with Crippen molar-refractivity contribution in [2.75, 3.05) is 0 Å². The van der Waals surface area contributed by atoms with Crippen molar-refractivity contribution >= 4 is 34.8 Å². The highest BCUT2D eigenvalue weighted by Gasteiger charge is 2.19. The Morgan fingerprint density at radius 2 is 1.17 bits per heavy atom. The average molecular weight is 485 g/mol. The molecule has 0 aliphatic heterocycles. The van der Waals surface area contributed by atoms with Crippen molar-refractivity contribution < 1.29 is 9.05 Å². The Morgan fingerprint density at radius 1 is 0.655 bits per heavy atom. The summed E-state index contributed by atoms with van der Waals surface area (Å²) in [6, 6.07) is 0. The van der Waals surface area contributed by atoms with Gasteiger partial charge in [-0.1, -0.05) is 122 Å². The first-order valence-electron chi connectivity index (χ1n) is 12.4. The molecule has 6 unspecified atom stereocenters. The van der Waals surface area contributed by atoms with E-state index in [0.29, 0.717) is 18.1 Å². The molecule has 0 saturated carbocycles. The van der Waals surface area contributed by atoms with E-state index in [0.717, 1.165) is 0 Å². The lowest BCUT2D eigenvalue weighted by Crippen LogP contribution is -2.19. The third-order valence-electron chi connectivity index (χ3n) is 5.97. The Kier molecular flexibility index (Phi) is 24.1. The van der Waals surface area contributed by atoms with Crippen LogP contribution < -0.4 is 0 Å². The highest BCUT2D eigenvalue weighted by atomic mass is 32.4. The normalized spacial score (nSPS) is 15.0. The van der Waals surface area contributed by atoms with E-state index in [1.54, 1.807) is 0 Å². The zero-order valence-corrected chi connectivity index (χ0v) is 24.1. The summed E-state index contributed by atoms with van der Waals surface area (Å²) in [5.41, 5.74) is 0. The average Bonchev–Trinajstić information content (AvgIpc) is 2.70. The van der Waals surface area contributed by atoms with Crippen LogP contribution in [-0.2, 0) is 9.05 Å². The first-order valence-corrected chi connectivity index (χ1v) is 17.3. The molecule has 0 spiro atoms. The van der Waals surface area contributed by atoms with E-state index in [9.17, 15) is 0 Å². The summed E-state index contributed by atoms with van der Waals surface area (Å²) in [5, 5.41) is 0. The maximum atomic E-state index is 6.28. The lowest BCUT2D eigenvalue weighted by Gasteiger charge is -2.26. The Hall–Kier alpha value is 1.64. The Balaban J connectivity index is 3.82. The van der Waals surface area contributed by atoms with Crippen LogP contribution in [0.1, 0.15) is 130 Å². The molecule has 0 aromatic heterocycles. The first-order chi connectivity index (χ1) is 14.0. The van der Waals surface area contributed by atoms with Gasteiger partial charge in [0.05, 0.1) is 19.7 Å². The molecule has 0 rings (SSSR count). The van der Waals surface area contributed by atoms with E-state index in [2.05, 4.69) is 48.1 Å². The second kappa shape index (κ2) is 22.8. The third-order valence-corrected chi connectivity index (χ3v) is 7.60. The number of hydrogen-bond acceptors (Lipinski definition) is 2. The second-order valence-corrected chi connectivity index (χ2v) is 14.8. The van der Waals surface area contributed by atoms with Crippen LogP contribution in [-0.4, -0.2) is 12.2 Å². The van der Waals surface area contributed by atoms with Gasteiger partial charge in [-0.15, -0.1) is 0 Å². The molecule has 0 N–H and O–H groups in total. The fraction of sp³-hybridized carbons (Fsp3) is 1.00. The molecule has 0 aliphatic rings. The topological polar surface area (TPSA) is 18.5 Å². The van der Waals surface area contributed by atoms with Crippen LogP contribution in [0.4, 0.5) is 0 Å². The largest absolute Gasteiger partial charge is 0.362 e. The van der Waals surface area contributed by atoms with Crippen LogP contribution in [0, 0.1) is 5.92 Å². The highest BCUT2D eigenvalue weighted by Crippen LogP contribution is 2.55. The van der Waals surface area contributed by atoms with Crippen LogP contribution in [0.5, 0.6) is 0 Å². The van der Waals surface area contributed by atoms with Gasteiger partial charge in [0.1, 0.15) is 0 Å². The van der Waals surface area contributed by atoms with Crippen molar-refractivity contribution in [3.05, 3.63) is 0 Å². The van der Waals surface area contributed by atoms with Gasteiger partial charge in [-0.25, -0.2) is 0 Å². The predicted octanol–water partition coefficient (Wildman–Crippen LogP) is 9.83. The van der Waals surface area contributed by atoms with Gasteiger partial charge in [0.2, 0.25) is 0 Å². The van der Waals surface area contributed by atoms with Crippen molar-refractivity contribution in [3.8, 4) is 0 Å². The molecular formula is C23H52O2P4. The fourth-order valence-electron chi connectivity index (χ4n) is 4.06. The van der Waals surface area contributed by atoms with E-state index in [-0.39, 0.29) is 0 Å². The maximum Gasteiger partial charge on any atom is 0.0652 e. The van der Waals surface area contributed by atoms with Gasteiger partial charge >= 0.3 is 0 Å². The predicted molar refractivity (Wildman–Crippen MR) is 145 cm³/mol. The van der Waals surface area contributed by atoms with Crippen molar-refractivity contribution in [1.29, 1.82) is 0 Å². The third kappa shape index (κ3) is 20.0. The SMILES string of the molecule is CCCCCCCCC(OP(P)P)C(C)CCCCCCCCC(CCC)OP. The molecular weight excluding hydrogens is 432 g/mol. The van der Waals surface area contributed by atoms with Gasteiger partial charge in [0.25, 0.3) is 0 Å². The quantitative estimate of drug-likeness (QED) is 0.112. The van der Waals surface area contributed by atoms with E-state index in [1.165, 1.54) is 109 Å². The van der Waals surface area contributed by atoms with E-state index in [1.807, 2.05) is 0 Å². The number of hydrogen-bond donors (Lipinski definition) is 0. The van der Waals surface area contributed by atoms with Gasteiger partial charge in [-0.2, -0.15) is 0 Å². The van der Waals surface area contributed by atoms with Crippen LogP contribution in [0.3, 0.4) is 0 Å². The fourth-order valence-corrected chi connectivity index (χ4v) is 5.89. The summed E-state index contributed by atoms with van der Waals surface area (Å²) >= 11 is 0. The van der Waals surface area contributed by atoms with E-state index >= 15 is 0 Å². The molecule has 0 heterocycles. The van der Waals surface area contributed by atoms with Crippen LogP contribution in [0.2, 0.25) is 0 Å². The van der Waals surface area contributed by atoms with Crippen molar-refractivity contribution in [3.63, 3.8) is 0 Å². The summed E-state index contributed by atoms with van der Waals surface area (Å²) in [7, 11) is 7.71. The van der Waals surface area contributed by atoms with Crippen LogP contribution >= 0.6 is 34.8 Å². The Morgan fingerprint density at radius 3 is 1.69 bits per heavy atom. The zero-order valence-electron chi connectivity index (χ0n) is 19.7. The van der Waals surface area contributed by atoms with Gasteiger partial charge in [-0.3, -0.25) is 0 Å². The molecule has 6 atom stereocenters. The molecule has 176 valence electrons. The summed E-state index contributed by atoms with van der Waals surface area (Å²) in [6.07, 6.45) is 23.5. The lowest BCUT2D eigenvalue weighted by molar-refractivity contribution is 0.145. The van der Waals surface area contributed by atoms with Gasteiger partial charge < -0.3 is 9.05 Å². The molecule has 0 saturated heterocycles. The van der Waals surface area contributed by atoms with Crippen molar-refractivity contribution in [2.45, 2.75) is 142 Å². The first kappa shape index (κ1) is 30.6.